The van der Waals surface area contributed by atoms with Gasteiger partial charge in [0.2, 0.25) is 5.91 Å². The fourth-order valence-corrected chi connectivity index (χ4v) is 9.02. The molecule has 1 aliphatic heterocycles. The number of carbonyl (C=O) groups is 1. The van der Waals surface area contributed by atoms with Gasteiger partial charge in [-0.25, -0.2) is 0 Å². The number of aliphatic hydroxyl groups is 5. The summed E-state index contributed by atoms with van der Waals surface area (Å²) in [6.45, 7) is 4.72. The van der Waals surface area contributed by atoms with Crippen molar-refractivity contribution >= 4 is 5.91 Å². The summed E-state index contributed by atoms with van der Waals surface area (Å²) in [7, 11) is 1.56. The molecule has 0 aromatic carbocycles. The van der Waals surface area contributed by atoms with Crippen LogP contribution in [0, 0.1) is 0 Å². The first kappa shape index (κ1) is 63.1. The maximum atomic E-state index is 13.2. The van der Waals surface area contributed by atoms with Crippen molar-refractivity contribution in [1.29, 1.82) is 0 Å². The van der Waals surface area contributed by atoms with Gasteiger partial charge in [0.25, 0.3) is 0 Å². The van der Waals surface area contributed by atoms with Crippen molar-refractivity contribution < 1.29 is 54.0 Å². The zero-order valence-corrected chi connectivity index (χ0v) is 43.0. The van der Waals surface area contributed by atoms with Gasteiger partial charge in [0.1, 0.15) is 37.3 Å². The van der Waals surface area contributed by atoms with Crippen LogP contribution in [0.1, 0.15) is 251 Å². The predicted molar refractivity (Wildman–Crippen MR) is 267 cm³/mol. The highest BCUT2D eigenvalue weighted by Gasteiger charge is 2.45. The van der Waals surface area contributed by atoms with Crippen molar-refractivity contribution in [3.8, 4) is 0 Å². The Labute approximate surface area is 404 Å². The second-order valence-electron chi connectivity index (χ2n) is 19.7. The van der Waals surface area contributed by atoms with Gasteiger partial charge >= 0.3 is 0 Å². The lowest BCUT2D eigenvalue weighted by Gasteiger charge is -2.40. The van der Waals surface area contributed by atoms with E-state index < -0.39 is 49.0 Å². The van der Waals surface area contributed by atoms with Gasteiger partial charge in [-0.15, -0.1) is 0 Å². The molecule has 0 saturated carbocycles. The van der Waals surface area contributed by atoms with Crippen molar-refractivity contribution in [2.45, 2.75) is 300 Å². The first-order valence-corrected chi connectivity index (χ1v) is 27.9. The predicted octanol–water partition coefficient (Wildman–Crippen LogP) is 11.1. The summed E-state index contributed by atoms with van der Waals surface area (Å²) in [5.74, 6) is -0.246. The number of hydrogen-bond donors (Lipinski definition) is 6. The van der Waals surface area contributed by atoms with Crippen LogP contribution in [0.4, 0.5) is 0 Å². The highest BCUT2D eigenvalue weighted by molar-refractivity contribution is 5.76. The van der Waals surface area contributed by atoms with Crippen molar-refractivity contribution in [1.82, 2.24) is 5.32 Å². The van der Waals surface area contributed by atoms with Crippen LogP contribution in [0.25, 0.3) is 0 Å². The number of rotatable bonds is 50. The van der Waals surface area contributed by atoms with Gasteiger partial charge in [0, 0.05) is 13.5 Å². The van der Waals surface area contributed by atoms with Crippen LogP contribution < -0.4 is 5.32 Å². The largest absolute Gasteiger partial charge is 0.390 e. The van der Waals surface area contributed by atoms with E-state index in [1.165, 1.54) is 173 Å². The van der Waals surface area contributed by atoms with Crippen LogP contribution in [-0.4, -0.2) is 121 Å². The molecule has 6 N–H and O–H groups in total. The molecule has 8 atom stereocenters. The number of methoxy groups -OCH3 is 1. The zero-order valence-electron chi connectivity index (χ0n) is 43.0. The summed E-state index contributed by atoms with van der Waals surface area (Å²) >= 11 is 0. The third kappa shape index (κ3) is 35.2. The highest BCUT2D eigenvalue weighted by atomic mass is 16.7. The van der Waals surface area contributed by atoms with Crippen LogP contribution in [0.5, 0.6) is 0 Å². The summed E-state index contributed by atoms with van der Waals surface area (Å²) in [4.78, 5) is 13.2. The maximum Gasteiger partial charge on any atom is 0.220 e. The van der Waals surface area contributed by atoms with E-state index in [-0.39, 0.29) is 32.3 Å². The van der Waals surface area contributed by atoms with Gasteiger partial charge in [0.15, 0.2) is 6.29 Å². The standard InChI is InChI=1S/C54H107NO11/c1-4-6-8-10-12-14-16-18-19-20-21-22-23-24-25-26-27-28-30-32-34-36-38-40-49(57)55-46(50(58)47(56)39-37-35-33-31-29-17-15-13-11-9-7-5-2)43-65-54-53(61)52(60)51(59)48(66-54)44-64-45-63-42-41-62-3/h46-48,50-54,56,58-61H,4-45H2,1-3H3,(H,55,57)/t46-,47+,48+,50-,51-,52-,53+,54-/m0/s1. The molecule has 0 aliphatic carbocycles. The smallest absolute Gasteiger partial charge is 0.220 e. The second kappa shape index (κ2) is 46.5. The van der Waals surface area contributed by atoms with Gasteiger partial charge in [-0.3, -0.25) is 4.79 Å². The third-order valence-corrected chi connectivity index (χ3v) is 13.5. The molecule has 1 fully saturated rings. The number of carbonyl (C=O) groups excluding carboxylic acids is 1. The first-order valence-electron chi connectivity index (χ1n) is 27.9. The van der Waals surface area contributed by atoms with Crippen LogP contribution in [-0.2, 0) is 28.5 Å². The van der Waals surface area contributed by atoms with Gasteiger partial charge < -0.3 is 54.5 Å². The lowest BCUT2D eigenvalue weighted by Crippen LogP contribution is -2.60. The van der Waals surface area contributed by atoms with Gasteiger partial charge in [-0.05, 0) is 12.8 Å². The SMILES string of the molecule is CCCCCCCCCCCCCCCCCCCCCCCCCC(=O)N[C@@H](CO[C@H]1O[C@H](COCOCCOC)[C@H](O)[C@H](O)[C@H]1O)[C@H](O)[C@H](O)CCCCCCCCCCCCCC. The second-order valence-corrected chi connectivity index (χ2v) is 19.7. The Bertz CT molecular complexity index is 1030. The van der Waals surface area contributed by atoms with E-state index in [1.807, 2.05) is 0 Å². The topological polar surface area (TPSA) is 176 Å². The molecule has 0 unspecified atom stereocenters. The number of ether oxygens (including phenoxy) is 5. The molecule has 1 amide bonds. The van der Waals surface area contributed by atoms with E-state index in [2.05, 4.69) is 19.2 Å². The molecule has 0 spiro atoms. The van der Waals surface area contributed by atoms with Gasteiger partial charge in [-0.2, -0.15) is 0 Å². The third-order valence-electron chi connectivity index (χ3n) is 13.5. The van der Waals surface area contributed by atoms with E-state index >= 15 is 0 Å². The van der Waals surface area contributed by atoms with E-state index in [4.69, 9.17) is 23.7 Å². The maximum absolute atomic E-state index is 13.2. The number of aliphatic hydroxyl groups excluding tert-OH is 5. The van der Waals surface area contributed by atoms with Gasteiger partial charge in [-0.1, -0.05) is 232 Å². The van der Waals surface area contributed by atoms with E-state index in [1.54, 1.807) is 7.11 Å². The van der Waals surface area contributed by atoms with Crippen molar-refractivity contribution in [2.24, 2.45) is 0 Å². The van der Waals surface area contributed by atoms with E-state index in [0.29, 0.717) is 19.6 Å². The lowest BCUT2D eigenvalue weighted by atomic mass is 9.98. The lowest BCUT2D eigenvalue weighted by molar-refractivity contribution is -0.307. The number of unbranched alkanes of at least 4 members (excludes halogenated alkanes) is 33. The molecule has 0 aromatic rings. The summed E-state index contributed by atoms with van der Waals surface area (Å²) in [6, 6.07) is -0.988. The Morgan fingerprint density at radius 3 is 1.36 bits per heavy atom. The first-order chi connectivity index (χ1) is 32.3. The fourth-order valence-electron chi connectivity index (χ4n) is 9.02. The molecule has 12 heteroatoms. The minimum atomic E-state index is -1.59. The highest BCUT2D eigenvalue weighted by Crippen LogP contribution is 2.24. The van der Waals surface area contributed by atoms with Crippen molar-refractivity contribution in [3.63, 3.8) is 0 Å². The van der Waals surface area contributed by atoms with Crippen LogP contribution >= 0.6 is 0 Å². The summed E-state index contributed by atoms with van der Waals surface area (Å²) in [6.07, 6.45) is 35.6. The fraction of sp³-hybridized carbons (Fsp3) is 0.981. The Kier molecular flexibility index (Phi) is 44.4. The average molecular weight is 946 g/mol. The van der Waals surface area contributed by atoms with E-state index in [0.717, 1.165) is 51.4 Å². The molecule has 0 aromatic heterocycles. The average Bonchev–Trinajstić information content (AvgIpc) is 3.31. The van der Waals surface area contributed by atoms with Crippen LogP contribution in [0.3, 0.4) is 0 Å². The molecule has 1 rings (SSSR count). The molecule has 12 nitrogen and oxygen atoms in total. The molecule has 1 heterocycles. The van der Waals surface area contributed by atoms with E-state index in [9.17, 15) is 30.3 Å². The molecule has 66 heavy (non-hydrogen) atoms. The minimum Gasteiger partial charge on any atom is -0.390 e. The van der Waals surface area contributed by atoms with Crippen molar-refractivity contribution in [3.05, 3.63) is 0 Å². The summed E-state index contributed by atoms with van der Waals surface area (Å²) in [5.41, 5.74) is 0. The Balaban J connectivity index is 2.40. The molecule has 1 aliphatic rings. The van der Waals surface area contributed by atoms with Crippen molar-refractivity contribution in [2.75, 3.05) is 40.3 Å². The minimum absolute atomic E-state index is 0.0862. The van der Waals surface area contributed by atoms with Gasteiger partial charge in [0.05, 0.1) is 38.6 Å². The Morgan fingerprint density at radius 1 is 0.530 bits per heavy atom. The quantitative estimate of drug-likeness (QED) is 0.0253. The van der Waals surface area contributed by atoms with Crippen LogP contribution in [0.2, 0.25) is 0 Å². The molecule has 0 bridgehead atoms. The number of hydrogen-bond acceptors (Lipinski definition) is 11. The molecule has 0 radical (unpaired) electrons. The summed E-state index contributed by atoms with van der Waals surface area (Å²) in [5, 5.41) is 57.1. The molecule has 1 saturated heterocycles. The number of nitrogens with one attached hydrogen (secondary N) is 1. The summed E-state index contributed by atoms with van der Waals surface area (Å²) < 4.78 is 27.3. The molecular weight excluding hydrogens is 839 g/mol. The molecule has 394 valence electrons. The zero-order chi connectivity index (χ0) is 48.1. The Hall–Kier alpha value is -0.930. The monoisotopic (exact) mass is 946 g/mol. The van der Waals surface area contributed by atoms with Crippen LogP contribution in [0.15, 0.2) is 0 Å². The normalized spacial score (nSPS) is 20.2. The molecular formula is C54H107NO11. The Morgan fingerprint density at radius 2 is 0.939 bits per heavy atom. The number of amides is 1.